The maximum absolute atomic E-state index is 12.2. The van der Waals surface area contributed by atoms with Crippen molar-refractivity contribution in [1.82, 2.24) is 10.1 Å². The zero-order chi connectivity index (χ0) is 16.3. The van der Waals surface area contributed by atoms with Crippen molar-refractivity contribution in [3.8, 4) is 11.3 Å². The van der Waals surface area contributed by atoms with Crippen molar-refractivity contribution in [3.05, 3.63) is 41.0 Å². The number of halogens is 1. The first kappa shape index (κ1) is 16.0. The molecule has 1 unspecified atom stereocenters. The summed E-state index contributed by atoms with van der Waals surface area (Å²) >= 11 is 5.91. The largest absolute Gasteiger partial charge is 0.481 e. The maximum Gasteiger partial charge on any atom is 0.308 e. The molecule has 0 radical (unpaired) electrons. The summed E-state index contributed by atoms with van der Waals surface area (Å²) in [6.07, 6.45) is 0. The molecule has 116 valence electrons. The summed E-state index contributed by atoms with van der Waals surface area (Å²) in [5, 5.41) is 13.2. The van der Waals surface area contributed by atoms with E-state index < -0.39 is 17.8 Å². The monoisotopic (exact) mass is 322 g/mol. The Morgan fingerprint density at radius 1 is 1.41 bits per heavy atom. The summed E-state index contributed by atoms with van der Waals surface area (Å²) in [4.78, 5) is 24.3. The molecule has 1 aromatic heterocycles. The Labute approximate surface area is 132 Å². The van der Waals surface area contributed by atoms with E-state index in [0.29, 0.717) is 16.3 Å². The molecule has 0 saturated heterocycles. The van der Waals surface area contributed by atoms with Crippen LogP contribution in [0.2, 0.25) is 5.02 Å². The molecule has 22 heavy (non-hydrogen) atoms. The van der Waals surface area contributed by atoms with E-state index in [4.69, 9.17) is 21.2 Å². The predicted octanol–water partition coefficient (Wildman–Crippen LogP) is 2.79. The molecule has 1 heterocycles. The smallest absolute Gasteiger partial charge is 0.308 e. The van der Waals surface area contributed by atoms with Crippen molar-refractivity contribution >= 4 is 23.5 Å². The van der Waals surface area contributed by atoms with Crippen molar-refractivity contribution in [2.75, 3.05) is 13.6 Å². The van der Waals surface area contributed by atoms with Gasteiger partial charge in [0.1, 0.15) is 0 Å². The molecule has 1 atom stereocenters. The van der Waals surface area contributed by atoms with Gasteiger partial charge in [-0.15, -0.1) is 0 Å². The van der Waals surface area contributed by atoms with Crippen LogP contribution in [0, 0.1) is 5.92 Å². The number of hydrogen-bond acceptors (Lipinski definition) is 4. The van der Waals surface area contributed by atoms with Gasteiger partial charge >= 0.3 is 5.97 Å². The second-order valence-electron chi connectivity index (χ2n) is 5.01. The highest BCUT2D eigenvalue weighted by Crippen LogP contribution is 2.23. The Hall–Kier alpha value is -2.34. The summed E-state index contributed by atoms with van der Waals surface area (Å²) in [7, 11) is 1.52. The highest BCUT2D eigenvalue weighted by Gasteiger charge is 2.21. The lowest BCUT2D eigenvalue weighted by Crippen LogP contribution is -2.33. The van der Waals surface area contributed by atoms with Crippen molar-refractivity contribution < 1.29 is 19.2 Å². The molecule has 0 bridgehead atoms. The number of carboxylic acids is 1. The van der Waals surface area contributed by atoms with Crippen LogP contribution in [0.25, 0.3) is 11.3 Å². The molecule has 6 nitrogen and oxygen atoms in total. The minimum absolute atomic E-state index is 0.0908. The number of nitrogens with zero attached hydrogens (tertiary/aromatic N) is 2. The summed E-state index contributed by atoms with van der Waals surface area (Å²) < 4.78 is 5.16. The van der Waals surface area contributed by atoms with Gasteiger partial charge in [-0.3, -0.25) is 9.59 Å². The standard InChI is InChI=1S/C15H15ClN2O4/c1-9(15(20)21)8-18(2)14(19)12-7-13(22-17-12)10-4-3-5-11(16)6-10/h3-7,9H,8H2,1-2H3,(H,20,21). The van der Waals surface area contributed by atoms with Crippen molar-refractivity contribution in [2.45, 2.75) is 6.92 Å². The van der Waals surface area contributed by atoms with Crippen LogP contribution in [0.15, 0.2) is 34.9 Å². The number of aliphatic carboxylic acids is 1. The van der Waals surface area contributed by atoms with Crippen LogP contribution in [-0.2, 0) is 4.79 Å². The number of carboxylic acid groups (broad SMARTS) is 1. The Bertz CT molecular complexity index is 698. The molecular formula is C15H15ClN2O4. The highest BCUT2D eigenvalue weighted by molar-refractivity contribution is 6.30. The third kappa shape index (κ3) is 3.65. The number of amides is 1. The zero-order valence-electron chi connectivity index (χ0n) is 12.1. The molecule has 1 amide bonds. The molecule has 0 aliphatic heterocycles. The summed E-state index contributed by atoms with van der Waals surface area (Å²) in [6, 6.07) is 8.50. The lowest BCUT2D eigenvalue weighted by Gasteiger charge is -2.17. The topological polar surface area (TPSA) is 83.6 Å². The lowest BCUT2D eigenvalue weighted by molar-refractivity contribution is -0.141. The number of carbonyl (C=O) groups excluding carboxylic acids is 1. The van der Waals surface area contributed by atoms with Crippen molar-refractivity contribution in [2.24, 2.45) is 5.92 Å². The van der Waals surface area contributed by atoms with Gasteiger partial charge in [0, 0.05) is 30.2 Å². The Kier molecular flexibility index (Phi) is 4.82. The first-order valence-corrected chi connectivity index (χ1v) is 6.97. The SMILES string of the molecule is CC(CN(C)C(=O)c1cc(-c2cccc(Cl)c2)on1)C(=O)O. The van der Waals surface area contributed by atoms with Crippen molar-refractivity contribution in [3.63, 3.8) is 0 Å². The van der Waals surface area contributed by atoms with Crippen LogP contribution in [0.3, 0.4) is 0 Å². The van der Waals surface area contributed by atoms with Gasteiger partial charge in [-0.05, 0) is 12.1 Å². The van der Waals surface area contributed by atoms with Crippen LogP contribution < -0.4 is 0 Å². The lowest BCUT2D eigenvalue weighted by atomic mass is 10.1. The molecule has 0 fully saturated rings. The zero-order valence-corrected chi connectivity index (χ0v) is 12.9. The van der Waals surface area contributed by atoms with Gasteiger partial charge in [0.15, 0.2) is 11.5 Å². The van der Waals surface area contributed by atoms with Crippen LogP contribution in [0.1, 0.15) is 17.4 Å². The quantitative estimate of drug-likeness (QED) is 0.915. The van der Waals surface area contributed by atoms with Gasteiger partial charge in [-0.25, -0.2) is 0 Å². The van der Waals surface area contributed by atoms with E-state index in [1.807, 2.05) is 0 Å². The Morgan fingerprint density at radius 2 is 2.14 bits per heavy atom. The van der Waals surface area contributed by atoms with E-state index in [0.717, 1.165) is 0 Å². The van der Waals surface area contributed by atoms with E-state index in [1.54, 1.807) is 24.3 Å². The normalized spacial score (nSPS) is 12.0. The maximum atomic E-state index is 12.2. The Balaban J connectivity index is 2.14. The number of benzene rings is 1. The number of carbonyl (C=O) groups is 2. The van der Waals surface area contributed by atoms with Crippen LogP contribution >= 0.6 is 11.6 Å². The van der Waals surface area contributed by atoms with Gasteiger partial charge in [-0.1, -0.05) is 35.8 Å². The minimum Gasteiger partial charge on any atom is -0.481 e. The highest BCUT2D eigenvalue weighted by atomic mass is 35.5. The number of aromatic nitrogens is 1. The van der Waals surface area contributed by atoms with Gasteiger partial charge in [0.25, 0.3) is 5.91 Å². The van der Waals surface area contributed by atoms with Crippen LogP contribution in [0.5, 0.6) is 0 Å². The summed E-state index contributed by atoms with van der Waals surface area (Å²) in [6.45, 7) is 1.62. The van der Waals surface area contributed by atoms with Gasteiger partial charge < -0.3 is 14.5 Å². The van der Waals surface area contributed by atoms with Gasteiger partial charge in [0.2, 0.25) is 0 Å². The molecule has 0 spiro atoms. The molecule has 0 saturated carbocycles. The molecule has 2 rings (SSSR count). The summed E-state index contributed by atoms with van der Waals surface area (Å²) in [5.74, 6) is -1.59. The molecule has 0 aliphatic rings. The summed E-state index contributed by atoms with van der Waals surface area (Å²) in [5.41, 5.74) is 0.829. The van der Waals surface area contributed by atoms with Crippen LogP contribution in [0.4, 0.5) is 0 Å². The molecule has 1 aromatic carbocycles. The van der Waals surface area contributed by atoms with E-state index in [1.165, 1.54) is 24.9 Å². The minimum atomic E-state index is -0.959. The fourth-order valence-electron chi connectivity index (χ4n) is 1.92. The second-order valence-corrected chi connectivity index (χ2v) is 5.45. The van der Waals surface area contributed by atoms with E-state index in [2.05, 4.69) is 5.16 Å². The van der Waals surface area contributed by atoms with Gasteiger partial charge in [0.05, 0.1) is 5.92 Å². The second kappa shape index (κ2) is 6.62. The Morgan fingerprint density at radius 3 is 2.77 bits per heavy atom. The average Bonchev–Trinajstić information content (AvgIpc) is 2.96. The molecule has 2 aromatic rings. The average molecular weight is 323 g/mol. The third-order valence-corrected chi connectivity index (χ3v) is 3.39. The van der Waals surface area contributed by atoms with E-state index in [9.17, 15) is 9.59 Å². The van der Waals surface area contributed by atoms with E-state index >= 15 is 0 Å². The third-order valence-electron chi connectivity index (χ3n) is 3.15. The van der Waals surface area contributed by atoms with Gasteiger partial charge in [-0.2, -0.15) is 0 Å². The first-order chi connectivity index (χ1) is 10.4. The molecular weight excluding hydrogens is 308 g/mol. The first-order valence-electron chi connectivity index (χ1n) is 6.59. The predicted molar refractivity (Wildman–Crippen MR) is 80.7 cm³/mol. The molecule has 1 N–H and O–H groups in total. The number of rotatable bonds is 5. The fourth-order valence-corrected chi connectivity index (χ4v) is 2.11. The molecule has 7 heteroatoms. The fraction of sp³-hybridized carbons (Fsp3) is 0.267. The van der Waals surface area contributed by atoms with E-state index in [-0.39, 0.29) is 12.2 Å². The van der Waals surface area contributed by atoms with Crippen molar-refractivity contribution in [1.29, 1.82) is 0 Å². The molecule has 0 aliphatic carbocycles. The number of hydrogen-bond donors (Lipinski definition) is 1. The van der Waals surface area contributed by atoms with Crippen LogP contribution in [-0.4, -0.2) is 40.6 Å².